The van der Waals surface area contributed by atoms with Crippen molar-refractivity contribution in [2.75, 3.05) is 12.3 Å². The Morgan fingerprint density at radius 1 is 1.45 bits per heavy atom. The van der Waals surface area contributed by atoms with E-state index in [2.05, 4.69) is 20.9 Å². The van der Waals surface area contributed by atoms with Crippen LogP contribution in [0.4, 0.5) is 5.69 Å². The number of hydrogen-bond acceptors (Lipinski definition) is 5. The zero-order valence-corrected chi connectivity index (χ0v) is 13.2. The first-order valence-electron chi connectivity index (χ1n) is 5.96. The summed E-state index contributed by atoms with van der Waals surface area (Å²) in [6.45, 7) is 2.08. The Hall–Kier alpha value is -1.53. The Balaban J connectivity index is 2.33. The van der Waals surface area contributed by atoms with Crippen molar-refractivity contribution in [2.24, 2.45) is 0 Å². The maximum absolute atomic E-state index is 11.9. The number of benzene rings is 1. The van der Waals surface area contributed by atoms with Crippen molar-refractivity contribution >= 4 is 39.3 Å². The van der Waals surface area contributed by atoms with Crippen LogP contribution in [0.3, 0.4) is 0 Å². The maximum atomic E-state index is 11.9. The van der Waals surface area contributed by atoms with Crippen LogP contribution >= 0.6 is 27.7 Å². The number of nitrogens with two attached hydrogens (primary N) is 1. The molecule has 0 radical (unpaired) electrons. The number of hydrogen-bond donors (Lipinski definition) is 1. The summed E-state index contributed by atoms with van der Waals surface area (Å²) in [5, 5.41) is 0.579. The highest BCUT2D eigenvalue weighted by Crippen LogP contribution is 2.31. The van der Waals surface area contributed by atoms with E-state index in [1.54, 1.807) is 13.0 Å². The second-order valence-electron chi connectivity index (χ2n) is 3.90. The van der Waals surface area contributed by atoms with Gasteiger partial charge in [-0.1, -0.05) is 33.8 Å². The lowest BCUT2D eigenvalue weighted by Crippen LogP contribution is -2.08. The van der Waals surface area contributed by atoms with Gasteiger partial charge >= 0.3 is 5.97 Å². The van der Waals surface area contributed by atoms with Gasteiger partial charge in [0.05, 0.1) is 24.1 Å². The van der Waals surface area contributed by atoms with Crippen LogP contribution in [0.1, 0.15) is 17.3 Å². The number of anilines is 1. The molecule has 0 unspecified atom stereocenters. The van der Waals surface area contributed by atoms with Crippen molar-refractivity contribution in [1.82, 2.24) is 4.98 Å². The highest BCUT2D eigenvalue weighted by molar-refractivity contribution is 9.10. The van der Waals surface area contributed by atoms with Crippen LogP contribution in [0.5, 0.6) is 0 Å². The molecule has 2 aromatic rings. The molecule has 0 saturated heterocycles. The topological polar surface area (TPSA) is 65.2 Å². The Morgan fingerprint density at radius 2 is 2.25 bits per heavy atom. The average Bonchev–Trinajstić information content (AvgIpc) is 2.41. The fraction of sp³-hybridized carbons (Fsp3) is 0.143. The van der Waals surface area contributed by atoms with Crippen molar-refractivity contribution in [1.29, 1.82) is 0 Å². The van der Waals surface area contributed by atoms with Crippen LogP contribution in [-0.2, 0) is 4.74 Å². The molecule has 0 aliphatic carbocycles. The zero-order valence-electron chi connectivity index (χ0n) is 10.8. The van der Waals surface area contributed by atoms with Gasteiger partial charge in [-0.3, -0.25) is 0 Å². The van der Waals surface area contributed by atoms with Gasteiger partial charge in [0, 0.05) is 9.37 Å². The molecule has 0 atom stereocenters. The smallest absolute Gasteiger partial charge is 0.340 e. The summed E-state index contributed by atoms with van der Waals surface area (Å²) in [7, 11) is 0. The van der Waals surface area contributed by atoms with Gasteiger partial charge in [0.1, 0.15) is 5.03 Å². The SMILES string of the molecule is CCOC(=O)c1cc(N)cnc1Sc1cccc(Br)c1. The minimum Gasteiger partial charge on any atom is -0.462 e. The van der Waals surface area contributed by atoms with Crippen LogP contribution in [0.2, 0.25) is 0 Å². The number of pyridine rings is 1. The maximum Gasteiger partial charge on any atom is 0.340 e. The summed E-state index contributed by atoms with van der Waals surface area (Å²) in [5.41, 5.74) is 6.51. The van der Waals surface area contributed by atoms with Gasteiger partial charge in [-0.2, -0.15) is 0 Å². The number of ether oxygens (including phenoxy) is 1. The molecular weight excluding hydrogens is 340 g/mol. The molecule has 1 heterocycles. The predicted molar refractivity (Wildman–Crippen MR) is 82.9 cm³/mol. The molecule has 20 heavy (non-hydrogen) atoms. The second kappa shape index (κ2) is 6.76. The minimum atomic E-state index is -0.412. The van der Waals surface area contributed by atoms with Crippen molar-refractivity contribution in [3.8, 4) is 0 Å². The number of nitrogen functional groups attached to an aromatic ring is 1. The monoisotopic (exact) mass is 352 g/mol. The zero-order chi connectivity index (χ0) is 14.5. The lowest BCUT2D eigenvalue weighted by atomic mass is 10.3. The van der Waals surface area contributed by atoms with Crippen LogP contribution < -0.4 is 5.73 Å². The fourth-order valence-electron chi connectivity index (χ4n) is 1.55. The lowest BCUT2D eigenvalue weighted by Gasteiger charge is -2.08. The summed E-state index contributed by atoms with van der Waals surface area (Å²) < 4.78 is 6.00. The highest BCUT2D eigenvalue weighted by Gasteiger charge is 2.15. The van der Waals surface area contributed by atoms with E-state index in [-0.39, 0.29) is 0 Å². The summed E-state index contributed by atoms with van der Waals surface area (Å²) in [6, 6.07) is 9.35. The van der Waals surface area contributed by atoms with Gasteiger partial charge in [-0.25, -0.2) is 9.78 Å². The summed E-state index contributed by atoms with van der Waals surface area (Å²) >= 11 is 4.81. The number of nitrogens with zero attached hydrogens (tertiary/aromatic N) is 1. The Labute approximate surface area is 129 Å². The van der Waals surface area contributed by atoms with Gasteiger partial charge < -0.3 is 10.5 Å². The molecule has 0 aliphatic rings. The van der Waals surface area contributed by atoms with Crippen LogP contribution in [0.25, 0.3) is 0 Å². The lowest BCUT2D eigenvalue weighted by molar-refractivity contribution is 0.0521. The molecule has 4 nitrogen and oxygen atoms in total. The van der Waals surface area contributed by atoms with E-state index in [1.165, 1.54) is 18.0 Å². The average molecular weight is 353 g/mol. The van der Waals surface area contributed by atoms with Gasteiger partial charge in [0.25, 0.3) is 0 Å². The number of halogens is 1. The first-order valence-corrected chi connectivity index (χ1v) is 7.57. The molecule has 1 aromatic heterocycles. The molecule has 2 rings (SSSR count). The number of carbonyl (C=O) groups excluding carboxylic acids is 1. The molecule has 0 amide bonds. The third-order valence-corrected chi connectivity index (χ3v) is 3.88. The van der Waals surface area contributed by atoms with Crippen LogP contribution in [-0.4, -0.2) is 17.6 Å². The number of carbonyl (C=O) groups is 1. The third-order valence-electron chi connectivity index (χ3n) is 2.38. The quantitative estimate of drug-likeness (QED) is 0.848. The molecule has 104 valence electrons. The molecule has 2 N–H and O–H groups in total. The molecule has 0 saturated carbocycles. The molecule has 0 bridgehead atoms. The van der Waals surface area contributed by atoms with Gasteiger partial charge in [0.2, 0.25) is 0 Å². The van der Waals surface area contributed by atoms with Gasteiger partial charge in [-0.05, 0) is 31.2 Å². The first kappa shape index (κ1) is 14.9. The Kier molecular flexibility index (Phi) is 5.03. The van der Waals surface area contributed by atoms with Crippen molar-refractivity contribution in [3.05, 3.63) is 46.6 Å². The van der Waals surface area contributed by atoms with E-state index < -0.39 is 5.97 Å². The third kappa shape index (κ3) is 3.74. The van der Waals surface area contributed by atoms with E-state index in [0.29, 0.717) is 22.9 Å². The van der Waals surface area contributed by atoms with Crippen molar-refractivity contribution in [3.63, 3.8) is 0 Å². The Morgan fingerprint density at radius 3 is 2.95 bits per heavy atom. The van der Waals surface area contributed by atoms with Crippen molar-refractivity contribution < 1.29 is 9.53 Å². The number of esters is 1. The highest BCUT2D eigenvalue weighted by atomic mass is 79.9. The first-order chi connectivity index (χ1) is 9.60. The van der Waals surface area contributed by atoms with Crippen LogP contribution in [0.15, 0.2) is 50.9 Å². The van der Waals surface area contributed by atoms with Gasteiger partial charge in [-0.15, -0.1) is 0 Å². The molecule has 0 spiro atoms. The summed E-state index contributed by atoms with van der Waals surface area (Å²) in [6.07, 6.45) is 1.53. The van der Waals surface area contributed by atoms with Crippen molar-refractivity contribution in [2.45, 2.75) is 16.8 Å². The standard InChI is InChI=1S/C14H13BrN2O2S/c1-2-19-14(18)12-7-10(16)8-17-13(12)20-11-5-3-4-9(15)6-11/h3-8H,2,16H2,1H3. The predicted octanol–water partition coefficient (Wildman–Crippen LogP) is 3.75. The number of aromatic nitrogens is 1. The van der Waals surface area contributed by atoms with Crippen LogP contribution in [0, 0.1) is 0 Å². The largest absolute Gasteiger partial charge is 0.462 e. The molecule has 0 aliphatic heterocycles. The summed E-state index contributed by atoms with van der Waals surface area (Å²) in [5.74, 6) is -0.412. The molecule has 1 aromatic carbocycles. The van der Waals surface area contributed by atoms with E-state index in [0.717, 1.165) is 9.37 Å². The normalized spacial score (nSPS) is 10.3. The molecular formula is C14H13BrN2O2S. The Bertz CT molecular complexity index is 634. The van der Waals surface area contributed by atoms with E-state index in [1.807, 2.05) is 24.3 Å². The molecule has 6 heteroatoms. The van der Waals surface area contributed by atoms with E-state index >= 15 is 0 Å². The van der Waals surface area contributed by atoms with E-state index in [9.17, 15) is 4.79 Å². The minimum absolute atomic E-state index is 0.314. The second-order valence-corrected chi connectivity index (χ2v) is 5.88. The molecule has 0 fully saturated rings. The van der Waals surface area contributed by atoms with Gasteiger partial charge in [0.15, 0.2) is 0 Å². The fourth-order valence-corrected chi connectivity index (χ4v) is 3.01. The van der Waals surface area contributed by atoms with E-state index in [4.69, 9.17) is 10.5 Å². The summed E-state index contributed by atoms with van der Waals surface area (Å²) in [4.78, 5) is 17.1. The number of rotatable bonds is 4.